The van der Waals surface area contributed by atoms with Crippen LogP contribution in [0.4, 0.5) is 0 Å². The minimum Gasteiger partial charge on any atom is -0.375 e. The highest BCUT2D eigenvalue weighted by atomic mass is 16.6. The Morgan fingerprint density at radius 1 is 1.20 bits per heavy atom. The zero-order valence-corrected chi connectivity index (χ0v) is 12.2. The average Bonchev–Trinajstić information content (AvgIpc) is 3.25. The lowest BCUT2D eigenvalue weighted by Gasteiger charge is -2.46. The molecule has 3 fully saturated rings. The van der Waals surface area contributed by atoms with Gasteiger partial charge in [-0.1, -0.05) is 11.6 Å². The van der Waals surface area contributed by atoms with Gasteiger partial charge < -0.3 is 18.9 Å². The molecule has 0 radical (unpaired) electrons. The molecule has 2 saturated heterocycles. The minimum atomic E-state index is -0.105. The first-order chi connectivity index (χ1) is 9.71. The summed E-state index contributed by atoms with van der Waals surface area (Å²) in [6.07, 6.45) is 7.87. The maximum Gasteiger partial charge on any atom is 0.104 e. The molecule has 112 valence electrons. The van der Waals surface area contributed by atoms with E-state index in [1.807, 2.05) is 0 Å². The Hall–Kier alpha value is -0.420. The van der Waals surface area contributed by atoms with Gasteiger partial charge in [-0.05, 0) is 32.1 Å². The van der Waals surface area contributed by atoms with Crippen LogP contribution in [0.25, 0.3) is 0 Å². The van der Waals surface area contributed by atoms with E-state index in [-0.39, 0.29) is 5.60 Å². The highest BCUT2D eigenvalue weighted by molar-refractivity contribution is 5.18. The van der Waals surface area contributed by atoms with Crippen molar-refractivity contribution in [2.45, 2.75) is 56.5 Å². The van der Waals surface area contributed by atoms with E-state index in [1.54, 1.807) is 0 Å². The van der Waals surface area contributed by atoms with Gasteiger partial charge in [0, 0.05) is 6.42 Å². The van der Waals surface area contributed by atoms with E-state index in [9.17, 15) is 0 Å². The number of ether oxygens (including phenoxy) is 4. The van der Waals surface area contributed by atoms with E-state index >= 15 is 0 Å². The van der Waals surface area contributed by atoms with Crippen LogP contribution in [-0.2, 0) is 18.9 Å². The van der Waals surface area contributed by atoms with Crippen LogP contribution < -0.4 is 0 Å². The molecule has 5 atom stereocenters. The molecule has 0 aromatic carbocycles. The van der Waals surface area contributed by atoms with Crippen molar-refractivity contribution in [2.75, 3.05) is 26.4 Å². The summed E-state index contributed by atoms with van der Waals surface area (Å²) in [4.78, 5) is 0. The lowest BCUT2D eigenvalue weighted by molar-refractivity contribution is -0.110. The maximum atomic E-state index is 6.28. The predicted molar refractivity (Wildman–Crippen MR) is 73.6 cm³/mol. The monoisotopic (exact) mass is 280 g/mol. The molecule has 2 heterocycles. The van der Waals surface area contributed by atoms with Crippen molar-refractivity contribution in [2.24, 2.45) is 5.92 Å². The van der Waals surface area contributed by atoms with Crippen molar-refractivity contribution in [3.05, 3.63) is 11.6 Å². The Labute approximate surface area is 120 Å². The van der Waals surface area contributed by atoms with Crippen molar-refractivity contribution in [1.82, 2.24) is 0 Å². The number of fused-ring (bicyclic) bond motifs is 2. The summed E-state index contributed by atoms with van der Waals surface area (Å²) < 4.78 is 22.9. The van der Waals surface area contributed by atoms with Crippen molar-refractivity contribution in [3.8, 4) is 0 Å². The molecule has 0 N–H and O–H groups in total. The molecule has 4 heteroatoms. The molecule has 2 aliphatic heterocycles. The third-order valence-electron chi connectivity index (χ3n) is 4.80. The Balaban J connectivity index is 1.42. The number of hydrogen-bond donors (Lipinski definition) is 0. The largest absolute Gasteiger partial charge is 0.375 e. The first-order valence-electron chi connectivity index (χ1n) is 7.88. The van der Waals surface area contributed by atoms with Gasteiger partial charge in [0.15, 0.2) is 0 Å². The molecular weight excluding hydrogens is 256 g/mol. The van der Waals surface area contributed by atoms with Crippen LogP contribution in [0.2, 0.25) is 0 Å². The Morgan fingerprint density at radius 2 is 1.95 bits per heavy atom. The fourth-order valence-electron chi connectivity index (χ4n) is 3.85. The SMILES string of the molecule is CC1=CC2(OCC3CO3)CC(OCC3CO3)C[C@@H](C1)C2. The second-order valence-electron chi connectivity index (χ2n) is 6.95. The topological polar surface area (TPSA) is 43.5 Å². The van der Waals surface area contributed by atoms with Gasteiger partial charge in [0.2, 0.25) is 0 Å². The van der Waals surface area contributed by atoms with Gasteiger partial charge in [-0.2, -0.15) is 0 Å². The van der Waals surface area contributed by atoms with Crippen molar-refractivity contribution in [1.29, 1.82) is 0 Å². The molecular formula is C16H24O4. The highest BCUT2D eigenvalue weighted by Gasteiger charge is 2.44. The van der Waals surface area contributed by atoms with E-state index in [4.69, 9.17) is 18.9 Å². The molecule has 0 aromatic heterocycles. The summed E-state index contributed by atoms with van der Waals surface area (Å²) in [5, 5.41) is 0. The van der Waals surface area contributed by atoms with Gasteiger partial charge in [0.25, 0.3) is 0 Å². The molecule has 4 nitrogen and oxygen atoms in total. The first-order valence-corrected chi connectivity index (χ1v) is 7.88. The molecule has 4 unspecified atom stereocenters. The van der Waals surface area contributed by atoms with Crippen LogP contribution in [0, 0.1) is 5.92 Å². The quantitative estimate of drug-likeness (QED) is 0.552. The standard InChI is InChI=1S/C16H24O4/c1-11-2-12-3-13(17-7-14-8-18-14)6-16(4-11,5-12)20-10-15-9-19-15/h4,12-15H,2-3,5-10H2,1H3/t12-,13?,14?,15?,16?/m1/s1. The van der Waals surface area contributed by atoms with Gasteiger partial charge in [0.05, 0.1) is 38.1 Å². The summed E-state index contributed by atoms with van der Waals surface area (Å²) in [7, 11) is 0. The number of allylic oxidation sites excluding steroid dienone is 1. The summed E-state index contributed by atoms with van der Waals surface area (Å²) in [6.45, 7) is 5.45. The number of epoxide rings is 2. The lowest BCUT2D eigenvalue weighted by Crippen LogP contribution is -2.46. The van der Waals surface area contributed by atoms with E-state index in [1.165, 1.54) is 18.4 Å². The Kier molecular flexibility index (Phi) is 3.38. The van der Waals surface area contributed by atoms with Crippen molar-refractivity contribution < 1.29 is 18.9 Å². The van der Waals surface area contributed by atoms with Crippen LogP contribution in [0.15, 0.2) is 11.6 Å². The zero-order chi connectivity index (χ0) is 13.6. The zero-order valence-electron chi connectivity index (χ0n) is 12.2. The molecule has 20 heavy (non-hydrogen) atoms. The molecule has 0 spiro atoms. The number of rotatable bonds is 6. The van der Waals surface area contributed by atoms with Crippen LogP contribution in [-0.4, -0.2) is 50.3 Å². The molecule has 0 amide bonds. The highest BCUT2D eigenvalue weighted by Crippen LogP contribution is 2.45. The summed E-state index contributed by atoms with van der Waals surface area (Å²) >= 11 is 0. The lowest BCUT2D eigenvalue weighted by atomic mass is 9.69. The molecule has 2 bridgehead atoms. The van der Waals surface area contributed by atoms with Crippen LogP contribution >= 0.6 is 0 Å². The smallest absolute Gasteiger partial charge is 0.104 e. The molecule has 0 aromatic rings. The van der Waals surface area contributed by atoms with Crippen LogP contribution in [0.1, 0.15) is 32.6 Å². The van der Waals surface area contributed by atoms with E-state index in [2.05, 4.69) is 13.0 Å². The fourth-order valence-corrected chi connectivity index (χ4v) is 3.85. The van der Waals surface area contributed by atoms with Gasteiger partial charge in [-0.15, -0.1) is 0 Å². The third kappa shape index (κ3) is 3.08. The van der Waals surface area contributed by atoms with Gasteiger partial charge >= 0.3 is 0 Å². The van der Waals surface area contributed by atoms with E-state index < -0.39 is 0 Å². The summed E-state index contributed by atoms with van der Waals surface area (Å²) in [5.74, 6) is 0.707. The van der Waals surface area contributed by atoms with E-state index in [0.29, 0.717) is 24.2 Å². The number of hydrogen-bond acceptors (Lipinski definition) is 4. The summed E-state index contributed by atoms with van der Waals surface area (Å²) in [6, 6.07) is 0. The van der Waals surface area contributed by atoms with Gasteiger partial charge in [-0.25, -0.2) is 0 Å². The second kappa shape index (κ2) is 5.09. The van der Waals surface area contributed by atoms with Crippen LogP contribution in [0.5, 0.6) is 0 Å². The maximum absolute atomic E-state index is 6.28. The van der Waals surface area contributed by atoms with Gasteiger partial charge in [-0.3, -0.25) is 0 Å². The summed E-state index contributed by atoms with van der Waals surface area (Å²) in [5.41, 5.74) is 1.37. The molecule has 1 saturated carbocycles. The normalized spacial score (nSPS) is 46.0. The first kappa shape index (κ1) is 13.3. The predicted octanol–water partition coefficient (Wildman–Crippen LogP) is 2.07. The Morgan fingerprint density at radius 3 is 2.70 bits per heavy atom. The molecule has 2 aliphatic carbocycles. The van der Waals surface area contributed by atoms with Gasteiger partial charge in [0.1, 0.15) is 12.2 Å². The van der Waals surface area contributed by atoms with E-state index in [0.717, 1.165) is 39.3 Å². The molecule has 4 rings (SSSR count). The van der Waals surface area contributed by atoms with Crippen molar-refractivity contribution >= 4 is 0 Å². The Bertz CT molecular complexity index is 399. The van der Waals surface area contributed by atoms with Crippen LogP contribution in [0.3, 0.4) is 0 Å². The minimum absolute atomic E-state index is 0.105. The van der Waals surface area contributed by atoms with Crippen molar-refractivity contribution in [3.63, 3.8) is 0 Å². The average molecular weight is 280 g/mol. The third-order valence-corrected chi connectivity index (χ3v) is 4.80. The molecule has 4 aliphatic rings. The second-order valence-corrected chi connectivity index (χ2v) is 6.95. The fraction of sp³-hybridized carbons (Fsp3) is 0.875.